The Morgan fingerprint density at radius 1 is 1.06 bits per heavy atom. The molecule has 0 aromatic heterocycles. The highest BCUT2D eigenvalue weighted by Crippen LogP contribution is 2.24. The van der Waals surface area contributed by atoms with Gasteiger partial charge in [0, 0.05) is 50.9 Å². The fourth-order valence-corrected chi connectivity index (χ4v) is 4.11. The summed E-state index contributed by atoms with van der Waals surface area (Å²) >= 11 is 12.2. The molecule has 0 unspecified atom stereocenters. The molecule has 1 N–H and O–H groups in total. The molecule has 1 amide bonds. The van der Waals surface area contributed by atoms with Gasteiger partial charge in [0.1, 0.15) is 0 Å². The number of carbonyl (C=O) groups is 1. The molecule has 0 radical (unpaired) electrons. The molecule has 3 rings (SSSR count). The average molecular weight is 473 g/mol. The molecule has 1 aliphatic rings. The zero-order valence-electron chi connectivity index (χ0n) is 18.9. The number of amides is 1. The largest absolute Gasteiger partial charge is 0.347 e. The molecule has 2 aromatic carbocycles. The van der Waals surface area contributed by atoms with E-state index in [-0.39, 0.29) is 17.4 Å². The molecule has 1 saturated heterocycles. The summed E-state index contributed by atoms with van der Waals surface area (Å²) in [5, 5.41) is 13.5. The summed E-state index contributed by atoms with van der Waals surface area (Å²) in [6.45, 7) is 11.8. The van der Waals surface area contributed by atoms with Crippen LogP contribution in [0.4, 0.5) is 0 Å². The number of carbonyl (C=O) groups excluding carboxylic acids is 1. The van der Waals surface area contributed by atoms with Gasteiger partial charge in [-0.25, -0.2) is 0 Å². The van der Waals surface area contributed by atoms with Gasteiger partial charge in [-0.2, -0.15) is 5.26 Å². The molecule has 0 bridgehead atoms. The number of hydrogen-bond donors (Lipinski definition) is 1. The van der Waals surface area contributed by atoms with Crippen LogP contribution in [0.5, 0.6) is 0 Å². The summed E-state index contributed by atoms with van der Waals surface area (Å²) in [6, 6.07) is 14.7. The molecule has 32 heavy (non-hydrogen) atoms. The summed E-state index contributed by atoms with van der Waals surface area (Å²) < 4.78 is 0. The van der Waals surface area contributed by atoms with Crippen molar-refractivity contribution in [3.63, 3.8) is 0 Å². The van der Waals surface area contributed by atoms with Gasteiger partial charge >= 0.3 is 0 Å². The number of nitrogens with one attached hydrogen (secondary N) is 1. The fraction of sp³-hybridized carbons (Fsp3) is 0.440. The maximum absolute atomic E-state index is 12.9. The first-order valence-electron chi connectivity index (χ1n) is 10.9. The van der Waals surface area contributed by atoms with E-state index < -0.39 is 0 Å². The molecule has 170 valence electrons. The van der Waals surface area contributed by atoms with E-state index >= 15 is 0 Å². The van der Waals surface area contributed by atoms with Crippen LogP contribution in [0.25, 0.3) is 0 Å². The highest BCUT2D eigenvalue weighted by molar-refractivity contribution is 6.42. The van der Waals surface area contributed by atoms with Gasteiger partial charge in [-0.1, -0.05) is 56.1 Å². The Balaban J connectivity index is 1.57. The molecule has 1 heterocycles. The van der Waals surface area contributed by atoms with Crippen molar-refractivity contribution < 1.29 is 4.79 Å². The minimum atomic E-state index is -0.139. The lowest BCUT2D eigenvalue weighted by molar-refractivity contribution is 0.0790. The summed E-state index contributed by atoms with van der Waals surface area (Å²) in [4.78, 5) is 17.7. The number of halogens is 2. The van der Waals surface area contributed by atoms with E-state index in [1.165, 1.54) is 0 Å². The molecule has 0 aliphatic carbocycles. The number of nitriles is 1. The predicted octanol–water partition coefficient (Wildman–Crippen LogP) is 4.83. The van der Waals surface area contributed by atoms with Gasteiger partial charge in [0.05, 0.1) is 21.7 Å². The third-order valence-electron chi connectivity index (χ3n) is 5.90. The van der Waals surface area contributed by atoms with Crippen molar-refractivity contribution in [2.75, 3.05) is 32.7 Å². The van der Waals surface area contributed by atoms with Crippen LogP contribution in [-0.2, 0) is 6.54 Å². The van der Waals surface area contributed by atoms with Crippen LogP contribution in [0.1, 0.15) is 42.3 Å². The van der Waals surface area contributed by atoms with E-state index in [0.717, 1.165) is 44.8 Å². The summed E-state index contributed by atoms with van der Waals surface area (Å²) in [7, 11) is 0. The number of piperazine rings is 1. The highest BCUT2D eigenvalue weighted by Gasteiger charge is 2.30. The quantitative estimate of drug-likeness (QED) is 0.653. The predicted molar refractivity (Wildman–Crippen MR) is 130 cm³/mol. The SMILES string of the molecule is CC(C)(C)[C@H](CN1CCN(Cc2ccc(Cl)c(Cl)c2)CC1)NC(=O)c1cccc(C#N)c1. The molecule has 0 spiro atoms. The maximum Gasteiger partial charge on any atom is 0.251 e. The second kappa shape index (κ2) is 10.7. The normalized spacial score (nSPS) is 16.4. The van der Waals surface area contributed by atoms with Crippen molar-refractivity contribution in [1.29, 1.82) is 5.26 Å². The molecule has 1 aliphatic heterocycles. The Kier molecular flexibility index (Phi) is 8.19. The van der Waals surface area contributed by atoms with Gasteiger partial charge in [-0.3, -0.25) is 14.6 Å². The summed E-state index contributed by atoms with van der Waals surface area (Å²) in [5.74, 6) is -0.139. The Morgan fingerprint density at radius 3 is 2.38 bits per heavy atom. The van der Waals surface area contributed by atoms with Crippen LogP contribution in [0.2, 0.25) is 10.0 Å². The average Bonchev–Trinajstić information content (AvgIpc) is 2.76. The summed E-state index contributed by atoms with van der Waals surface area (Å²) in [5.41, 5.74) is 2.07. The smallest absolute Gasteiger partial charge is 0.251 e. The lowest BCUT2D eigenvalue weighted by Crippen LogP contribution is -2.54. The standard InChI is InChI=1S/C25H30Cl2N4O/c1-25(2,3)23(29-24(32)20-6-4-5-18(13-20)15-28)17-31-11-9-30(10-12-31)16-19-7-8-21(26)22(27)14-19/h4-8,13-14,23H,9-12,16-17H2,1-3H3,(H,29,32)/t23-/m0/s1. The lowest BCUT2D eigenvalue weighted by atomic mass is 9.86. The van der Waals surface area contributed by atoms with Crippen molar-refractivity contribution >= 4 is 29.1 Å². The second-order valence-corrected chi connectivity index (χ2v) is 10.2. The number of rotatable bonds is 6. The van der Waals surface area contributed by atoms with Crippen molar-refractivity contribution in [2.45, 2.75) is 33.4 Å². The third-order valence-corrected chi connectivity index (χ3v) is 6.64. The molecule has 1 atom stereocenters. The van der Waals surface area contributed by atoms with E-state index in [1.807, 2.05) is 18.2 Å². The number of nitrogens with zero attached hydrogens (tertiary/aromatic N) is 3. The van der Waals surface area contributed by atoms with Crippen LogP contribution in [0, 0.1) is 16.7 Å². The molecular formula is C25H30Cl2N4O. The van der Waals surface area contributed by atoms with Crippen molar-refractivity contribution in [3.05, 3.63) is 69.2 Å². The van der Waals surface area contributed by atoms with Crippen molar-refractivity contribution in [3.8, 4) is 6.07 Å². The van der Waals surface area contributed by atoms with E-state index in [0.29, 0.717) is 21.2 Å². The Morgan fingerprint density at radius 2 is 1.75 bits per heavy atom. The second-order valence-electron chi connectivity index (χ2n) is 9.41. The zero-order chi connectivity index (χ0) is 23.3. The Hall–Kier alpha value is -2.10. The van der Waals surface area contributed by atoms with Gasteiger partial charge in [-0.15, -0.1) is 0 Å². The molecule has 0 saturated carbocycles. The molecular weight excluding hydrogens is 443 g/mol. The third kappa shape index (κ3) is 6.70. The van der Waals surface area contributed by atoms with Crippen LogP contribution < -0.4 is 5.32 Å². The Labute approximate surface area is 200 Å². The lowest BCUT2D eigenvalue weighted by Gasteiger charge is -2.40. The van der Waals surface area contributed by atoms with Crippen molar-refractivity contribution in [1.82, 2.24) is 15.1 Å². The van der Waals surface area contributed by atoms with Crippen LogP contribution in [-0.4, -0.2) is 54.5 Å². The van der Waals surface area contributed by atoms with Gasteiger partial charge in [0.25, 0.3) is 5.91 Å². The first kappa shape index (κ1) is 24.5. The zero-order valence-corrected chi connectivity index (χ0v) is 20.4. The maximum atomic E-state index is 12.9. The fourth-order valence-electron chi connectivity index (χ4n) is 3.79. The van der Waals surface area contributed by atoms with E-state index in [2.05, 4.69) is 42.0 Å². The van der Waals surface area contributed by atoms with E-state index in [9.17, 15) is 4.79 Å². The molecule has 7 heteroatoms. The van der Waals surface area contributed by atoms with Crippen molar-refractivity contribution in [2.24, 2.45) is 5.41 Å². The topological polar surface area (TPSA) is 59.4 Å². The highest BCUT2D eigenvalue weighted by atomic mass is 35.5. The van der Waals surface area contributed by atoms with Crippen LogP contribution in [0.3, 0.4) is 0 Å². The van der Waals surface area contributed by atoms with Gasteiger partial charge in [-0.05, 0) is 41.3 Å². The van der Waals surface area contributed by atoms with E-state index in [1.54, 1.807) is 24.3 Å². The monoisotopic (exact) mass is 472 g/mol. The molecule has 1 fully saturated rings. The van der Waals surface area contributed by atoms with Crippen LogP contribution >= 0.6 is 23.2 Å². The molecule has 2 aromatic rings. The Bertz CT molecular complexity index is 988. The first-order chi connectivity index (χ1) is 15.2. The first-order valence-corrected chi connectivity index (χ1v) is 11.6. The number of hydrogen-bond acceptors (Lipinski definition) is 4. The van der Waals surface area contributed by atoms with E-state index in [4.69, 9.17) is 28.5 Å². The minimum Gasteiger partial charge on any atom is -0.347 e. The molecule has 5 nitrogen and oxygen atoms in total. The minimum absolute atomic E-state index is 0.0117. The van der Waals surface area contributed by atoms with Gasteiger partial charge in [0.15, 0.2) is 0 Å². The van der Waals surface area contributed by atoms with Gasteiger partial charge < -0.3 is 5.32 Å². The van der Waals surface area contributed by atoms with Crippen LogP contribution in [0.15, 0.2) is 42.5 Å². The number of benzene rings is 2. The summed E-state index contributed by atoms with van der Waals surface area (Å²) in [6.07, 6.45) is 0. The van der Waals surface area contributed by atoms with Gasteiger partial charge in [0.2, 0.25) is 0 Å².